The molecule has 2 aromatic rings. The molecule has 0 unspecified atom stereocenters. The van der Waals surface area contributed by atoms with Crippen LogP contribution < -0.4 is 10.6 Å². The van der Waals surface area contributed by atoms with Gasteiger partial charge in [-0.05, 0) is 41.9 Å². The lowest BCUT2D eigenvalue weighted by Gasteiger charge is -2.24. The van der Waals surface area contributed by atoms with E-state index in [2.05, 4.69) is 26.2 Å². The van der Waals surface area contributed by atoms with Gasteiger partial charge in [0.1, 0.15) is 6.33 Å². The van der Waals surface area contributed by atoms with E-state index < -0.39 is 0 Å². The Morgan fingerprint density at radius 3 is 3.05 bits per heavy atom. The largest absolute Gasteiger partial charge is 0.348 e. The number of benzene rings is 1. The maximum atomic E-state index is 12.4. The summed E-state index contributed by atoms with van der Waals surface area (Å²) >= 11 is 0. The molecule has 0 radical (unpaired) electrons. The van der Waals surface area contributed by atoms with Gasteiger partial charge in [0.2, 0.25) is 0 Å². The first-order chi connectivity index (χ1) is 9.84. The fraction of sp³-hybridized carbons (Fsp3) is 0.385. The van der Waals surface area contributed by atoms with Crippen molar-refractivity contribution in [1.29, 1.82) is 0 Å². The van der Waals surface area contributed by atoms with Gasteiger partial charge in [0, 0.05) is 12.6 Å². The fourth-order valence-corrected chi connectivity index (χ4v) is 2.38. The lowest BCUT2D eigenvalue weighted by molar-refractivity contribution is 0.0930. The van der Waals surface area contributed by atoms with E-state index in [9.17, 15) is 4.79 Å². The van der Waals surface area contributed by atoms with Gasteiger partial charge in [-0.3, -0.25) is 4.79 Å². The van der Waals surface area contributed by atoms with Crippen molar-refractivity contribution in [3.05, 3.63) is 36.2 Å². The molecule has 7 nitrogen and oxygen atoms in total. The second-order valence-electron chi connectivity index (χ2n) is 4.79. The van der Waals surface area contributed by atoms with Gasteiger partial charge in [0.15, 0.2) is 0 Å². The second-order valence-corrected chi connectivity index (χ2v) is 4.79. The van der Waals surface area contributed by atoms with Crippen LogP contribution in [0, 0.1) is 0 Å². The molecule has 1 aromatic heterocycles. The molecule has 0 spiro atoms. The molecule has 2 heterocycles. The Kier molecular flexibility index (Phi) is 3.69. The summed E-state index contributed by atoms with van der Waals surface area (Å²) in [6.07, 6.45) is 3.57. The quantitative estimate of drug-likeness (QED) is 0.830. The van der Waals surface area contributed by atoms with E-state index >= 15 is 0 Å². The molecule has 0 aliphatic carbocycles. The minimum absolute atomic E-state index is 0.0928. The van der Waals surface area contributed by atoms with Gasteiger partial charge < -0.3 is 10.6 Å². The number of tetrazole rings is 1. The molecular formula is C13H16N6O. The second kappa shape index (κ2) is 5.79. The summed E-state index contributed by atoms with van der Waals surface area (Å²) < 4.78 is 1.49. The fourth-order valence-electron chi connectivity index (χ4n) is 2.38. The van der Waals surface area contributed by atoms with Gasteiger partial charge >= 0.3 is 0 Å². The number of amides is 1. The van der Waals surface area contributed by atoms with Crippen LogP contribution in [0.1, 0.15) is 23.2 Å². The van der Waals surface area contributed by atoms with Crippen molar-refractivity contribution in [3.63, 3.8) is 0 Å². The monoisotopic (exact) mass is 272 g/mol. The number of piperidine rings is 1. The predicted octanol–water partition coefficient (Wildman–Crippen LogP) is 0.144. The summed E-state index contributed by atoms with van der Waals surface area (Å²) in [6.45, 7) is 1.84. The van der Waals surface area contributed by atoms with E-state index in [4.69, 9.17) is 0 Å². The molecule has 7 heteroatoms. The van der Waals surface area contributed by atoms with Gasteiger partial charge in [-0.15, -0.1) is 5.10 Å². The highest BCUT2D eigenvalue weighted by Gasteiger charge is 2.18. The van der Waals surface area contributed by atoms with Crippen LogP contribution in [-0.4, -0.2) is 45.2 Å². The number of aromatic nitrogens is 4. The van der Waals surface area contributed by atoms with Gasteiger partial charge in [-0.1, -0.05) is 12.1 Å². The molecule has 1 aliphatic rings. The first-order valence-corrected chi connectivity index (χ1v) is 6.68. The van der Waals surface area contributed by atoms with Crippen LogP contribution in [0.25, 0.3) is 5.69 Å². The Morgan fingerprint density at radius 2 is 2.30 bits per heavy atom. The lowest BCUT2D eigenvalue weighted by atomic mass is 10.1. The van der Waals surface area contributed by atoms with Crippen LogP contribution in [0.15, 0.2) is 30.6 Å². The van der Waals surface area contributed by atoms with Crippen LogP contribution >= 0.6 is 0 Å². The zero-order chi connectivity index (χ0) is 13.8. The molecule has 1 fully saturated rings. The van der Waals surface area contributed by atoms with Crippen molar-refractivity contribution in [2.45, 2.75) is 18.9 Å². The molecule has 1 atom stereocenters. The van der Waals surface area contributed by atoms with Gasteiger partial charge in [-0.2, -0.15) is 4.68 Å². The normalized spacial score (nSPS) is 18.7. The molecule has 2 N–H and O–H groups in total. The van der Waals surface area contributed by atoms with Crippen molar-refractivity contribution in [1.82, 2.24) is 30.8 Å². The van der Waals surface area contributed by atoms with E-state index in [0.29, 0.717) is 11.3 Å². The van der Waals surface area contributed by atoms with E-state index in [1.807, 2.05) is 18.2 Å². The Balaban J connectivity index is 1.81. The number of hydrogen-bond acceptors (Lipinski definition) is 5. The molecule has 0 bridgehead atoms. The number of para-hydroxylation sites is 1. The van der Waals surface area contributed by atoms with Crippen molar-refractivity contribution in [2.24, 2.45) is 0 Å². The number of carbonyl (C=O) groups is 1. The molecule has 1 amide bonds. The smallest absolute Gasteiger partial charge is 0.253 e. The Labute approximate surface area is 116 Å². The molecular weight excluding hydrogens is 256 g/mol. The molecule has 20 heavy (non-hydrogen) atoms. The van der Waals surface area contributed by atoms with Gasteiger partial charge in [0.25, 0.3) is 5.91 Å². The average molecular weight is 272 g/mol. The molecule has 1 saturated heterocycles. The predicted molar refractivity (Wildman–Crippen MR) is 72.5 cm³/mol. The summed E-state index contributed by atoms with van der Waals surface area (Å²) in [5.74, 6) is -0.0928. The van der Waals surface area contributed by atoms with Crippen molar-refractivity contribution >= 4 is 5.91 Å². The maximum Gasteiger partial charge on any atom is 0.253 e. The molecule has 0 saturated carbocycles. The highest BCUT2D eigenvalue weighted by atomic mass is 16.1. The maximum absolute atomic E-state index is 12.4. The zero-order valence-electron chi connectivity index (χ0n) is 11.0. The number of nitrogens with zero attached hydrogens (tertiary/aromatic N) is 4. The molecule has 3 rings (SSSR count). The third-order valence-corrected chi connectivity index (χ3v) is 3.38. The zero-order valence-corrected chi connectivity index (χ0v) is 11.0. The van der Waals surface area contributed by atoms with Crippen LogP contribution in [0.5, 0.6) is 0 Å². The number of carbonyl (C=O) groups excluding carboxylic acids is 1. The third-order valence-electron chi connectivity index (χ3n) is 3.38. The Hall–Kier alpha value is -2.28. The summed E-state index contributed by atoms with van der Waals surface area (Å²) in [5, 5.41) is 17.4. The third kappa shape index (κ3) is 2.67. The van der Waals surface area contributed by atoms with Crippen molar-refractivity contribution in [2.75, 3.05) is 13.1 Å². The van der Waals surface area contributed by atoms with Crippen LogP contribution in [0.3, 0.4) is 0 Å². The Morgan fingerprint density at radius 1 is 1.40 bits per heavy atom. The average Bonchev–Trinajstić information content (AvgIpc) is 3.02. The topological polar surface area (TPSA) is 84.7 Å². The first kappa shape index (κ1) is 12.7. The molecule has 1 aromatic carbocycles. The van der Waals surface area contributed by atoms with Gasteiger partial charge in [-0.25, -0.2) is 0 Å². The van der Waals surface area contributed by atoms with Crippen LogP contribution in [0.2, 0.25) is 0 Å². The minimum atomic E-state index is -0.0928. The van der Waals surface area contributed by atoms with Crippen molar-refractivity contribution < 1.29 is 4.79 Å². The van der Waals surface area contributed by atoms with Crippen molar-refractivity contribution in [3.8, 4) is 5.69 Å². The molecule has 1 aliphatic heterocycles. The highest BCUT2D eigenvalue weighted by molar-refractivity contribution is 5.97. The minimum Gasteiger partial charge on any atom is -0.348 e. The van der Waals surface area contributed by atoms with Crippen LogP contribution in [0.4, 0.5) is 0 Å². The molecule has 104 valence electrons. The van der Waals surface area contributed by atoms with E-state index in [1.165, 1.54) is 11.0 Å². The van der Waals surface area contributed by atoms with E-state index in [1.54, 1.807) is 6.07 Å². The first-order valence-electron chi connectivity index (χ1n) is 6.68. The summed E-state index contributed by atoms with van der Waals surface area (Å²) in [7, 11) is 0. The lowest BCUT2D eigenvalue weighted by Crippen LogP contribution is -2.45. The van der Waals surface area contributed by atoms with E-state index in [0.717, 1.165) is 25.9 Å². The van der Waals surface area contributed by atoms with Crippen LogP contribution in [-0.2, 0) is 0 Å². The summed E-state index contributed by atoms with van der Waals surface area (Å²) in [4.78, 5) is 12.4. The summed E-state index contributed by atoms with van der Waals surface area (Å²) in [6, 6.07) is 7.48. The summed E-state index contributed by atoms with van der Waals surface area (Å²) in [5.41, 5.74) is 1.25. The number of nitrogens with one attached hydrogen (secondary N) is 2. The number of hydrogen-bond donors (Lipinski definition) is 2. The SMILES string of the molecule is O=C(N[C@H]1CCCNC1)c1ccccc1-n1cnnn1. The van der Waals surface area contributed by atoms with Gasteiger partial charge in [0.05, 0.1) is 11.3 Å². The van der Waals surface area contributed by atoms with E-state index in [-0.39, 0.29) is 11.9 Å². The Bertz CT molecular complexity index is 576. The standard InChI is InChI=1S/C13H16N6O/c20-13(16-10-4-3-7-14-8-10)11-5-1-2-6-12(11)19-9-15-17-18-19/h1-2,5-6,9-10,14H,3-4,7-8H2,(H,16,20)/t10-/m0/s1. The number of rotatable bonds is 3. The highest BCUT2D eigenvalue weighted by Crippen LogP contribution is 2.13.